The summed E-state index contributed by atoms with van der Waals surface area (Å²) in [4.78, 5) is 36.1. The number of anilines is 5. The molecular formula is C24H28FN6O8P. The van der Waals surface area contributed by atoms with Gasteiger partial charge in [-0.1, -0.05) is 0 Å². The summed E-state index contributed by atoms with van der Waals surface area (Å²) in [6.45, 7) is 3.53. The maximum Gasteiger partial charge on any atom is 0.326 e. The third kappa shape index (κ3) is 6.17. The van der Waals surface area contributed by atoms with Crippen LogP contribution in [-0.4, -0.2) is 66.1 Å². The fraction of sp³-hybridized carbons (Fsp3) is 0.333. The number of aromatic nitrogens is 3. The van der Waals surface area contributed by atoms with Gasteiger partial charge >= 0.3 is 7.60 Å². The molecule has 0 spiro atoms. The molecule has 3 aromatic rings. The minimum Gasteiger partial charge on any atom is -0.493 e. The predicted molar refractivity (Wildman–Crippen MR) is 143 cm³/mol. The number of hydrogen-bond acceptors (Lipinski definition) is 12. The Morgan fingerprint density at radius 2 is 1.77 bits per heavy atom. The van der Waals surface area contributed by atoms with Crippen LogP contribution in [0.25, 0.3) is 0 Å². The van der Waals surface area contributed by atoms with E-state index in [1.807, 2.05) is 0 Å². The third-order valence-corrected chi connectivity index (χ3v) is 6.15. The van der Waals surface area contributed by atoms with Crippen molar-refractivity contribution in [2.24, 2.45) is 0 Å². The average Bonchev–Trinajstić information content (AvgIpc) is 2.89. The molecule has 0 saturated heterocycles. The molecule has 1 aliphatic heterocycles. The van der Waals surface area contributed by atoms with E-state index in [1.54, 1.807) is 26.0 Å². The van der Waals surface area contributed by atoms with Gasteiger partial charge in [0.05, 0.1) is 27.5 Å². The molecule has 214 valence electrons. The zero-order chi connectivity index (χ0) is 29.2. The van der Waals surface area contributed by atoms with Gasteiger partial charge < -0.3 is 34.5 Å². The van der Waals surface area contributed by atoms with Crippen molar-refractivity contribution in [1.82, 2.24) is 15.0 Å². The van der Waals surface area contributed by atoms with E-state index in [4.69, 9.17) is 23.5 Å². The van der Waals surface area contributed by atoms with Gasteiger partial charge in [-0.15, -0.1) is 0 Å². The highest BCUT2D eigenvalue weighted by molar-refractivity contribution is 7.51. The van der Waals surface area contributed by atoms with Crippen molar-refractivity contribution in [2.45, 2.75) is 19.4 Å². The summed E-state index contributed by atoms with van der Waals surface area (Å²) in [7, 11) is 0.515. The van der Waals surface area contributed by atoms with Gasteiger partial charge in [0, 0.05) is 24.5 Å². The van der Waals surface area contributed by atoms with E-state index in [-0.39, 0.29) is 29.2 Å². The summed E-state index contributed by atoms with van der Waals surface area (Å²) < 4.78 is 53.1. The van der Waals surface area contributed by atoms with Crippen LogP contribution in [0.15, 0.2) is 30.5 Å². The van der Waals surface area contributed by atoms with Gasteiger partial charge in [0.2, 0.25) is 11.7 Å². The first-order chi connectivity index (χ1) is 18.8. The van der Waals surface area contributed by atoms with E-state index in [9.17, 15) is 18.6 Å². The van der Waals surface area contributed by atoms with Gasteiger partial charge in [0.15, 0.2) is 40.3 Å². The number of methoxy groups -OCH3 is 3. The zero-order valence-electron chi connectivity index (χ0n) is 22.5. The van der Waals surface area contributed by atoms with Crippen LogP contribution in [0.5, 0.6) is 23.0 Å². The Kier molecular flexibility index (Phi) is 8.00. The minimum atomic E-state index is -3.91. The van der Waals surface area contributed by atoms with Gasteiger partial charge in [0.1, 0.15) is 12.5 Å². The van der Waals surface area contributed by atoms with Crippen LogP contribution in [0.1, 0.15) is 13.8 Å². The Bertz CT molecular complexity index is 1460. The lowest BCUT2D eigenvalue weighted by atomic mass is 10.1. The van der Waals surface area contributed by atoms with E-state index < -0.39 is 31.7 Å². The van der Waals surface area contributed by atoms with E-state index >= 15 is 0 Å². The Morgan fingerprint density at radius 1 is 1.10 bits per heavy atom. The summed E-state index contributed by atoms with van der Waals surface area (Å²) in [5.74, 6) is -0.0377. The molecule has 1 aliphatic rings. The lowest BCUT2D eigenvalue weighted by Crippen LogP contribution is -2.53. The average molecular weight is 578 g/mol. The molecule has 0 fully saturated rings. The van der Waals surface area contributed by atoms with Gasteiger partial charge in [0.25, 0.3) is 5.91 Å². The first-order valence-corrected chi connectivity index (χ1v) is 13.7. The summed E-state index contributed by atoms with van der Waals surface area (Å²) >= 11 is 0. The summed E-state index contributed by atoms with van der Waals surface area (Å²) in [5, 5.41) is 5.71. The SMILES string of the molecule is COc1cc(Nc2ncc(F)c(Nc3ccc4c(n3)N(COP(C)(=O)O)C(=O)C(C)(C)O4)n2)cc(OC)c1OC. The van der Waals surface area contributed by atoms with Gasteiger partial charge in [-0.25, -0.2) is 14.4 Å². The maximum atomic E-state index is 14.7. The molecule has 1 atom stereocenters. The van der Waals surface area contributed by atoms with E-state index in [0.29, 0.717) is 22.9 Å². The maximum absolute atomic E-state index is 14.7. The lowest BCUT2D eigenvalue weighted by molar-refractivity contribution is -0.133. The molecule has 2 aromatic heterocycles. The number of pyridine rings is 1. The largest absolute Gasteiger partial charge is 0.493 e. The van der Waals surface area contributed by atoms with E-state index in [2.05, 4.69) is 25.6 Å². The zero-order valence-corrected chi connectivity index (χ0v) is 23.4. The predicted octanol–water partition coefficient (Wildman–Crippen LogP) is 3.82. The van der Waals surface area contributed by atoms with Crippen LogP contribution in [0.2, 0.25) is 0 Å². The topological polar surface area (TPSA) is 166 Å². The first kappa shape index (κ1) is 28.8. The number of amides is 1. The number of halogens is 1. The van der Waals surface area contributed by atoms with Crippen LogP contribution in [0.4, 0.5) is 33.5 Å². The molecule has 0 radical (unpaired) electrons. The summed E-state index contributed by atoms with van der Waals surface area (Å²) in [6.07, 6.45) is 0.962. The molecule has 14 nitrogen and oxygen atoms in total. The number of nitrogens with zero attached hydrogens (tertiary/aromatic N) is 4. The number of carbonyl (C=O) groups is 1. The molecule has 3 N–H and O–H groups in total. The molecule has 40 heavy (non-hydrogen) atoms. The molecule has 4 rings (SSSR count). The van der Waals surface area contributed by atoms with Crippen molar-refractivity contribution < 1.29 is 42.1 Å². The number of carbonyl (C=O) groups excluding carboxylic acids is 1. The second-order valence-electron chi connectivity index (χ2n) is 8.98. The van der Waals surface area contributed by atoms with Crippen LogP contribution >= 0.6 is 7.60 Å². The molecule has 1 unspecified atom stereocenters. The Balaban J connectivity index is 1.62. The Morgan fingerprint density at radius 3 is 2.38 bits per heavy atom. The molecule has 0 saturated carbocycles. The fourth-order valence-corrected chi connectivity index (χ4v) is 4.05. The monoisotopic (exact) mass is 578 g/mol. The number of rotatable bonds is 10. The smallest absolute Gasteiger partial charge is 0.326 e. The molecule has 0 aliphatic carbocycles. The summed E-state index contributed by atoms with van der Waals surface area (Å²) in [5.41, 5.74) is -0.809. The molecule has 3 heterocycles. The first-order valence-electron chi connectivity index (χ1n) is 11.7. The lowest BCUT2D eigenvalue weighted by Gasteiger charge is -2.37. The highest BCUT2D eigenvalue weighted by Crippen LogP contribution is 2.42. The standard InChI is InChI=1S/C24H28FN6O8P/c1-24(2)22(32)31(12-38-40(6,33)34)21-15(39-24)7-8-18(29-21)28-20-14(25)11-26-23(30-20)27-13-9-16(35-3)19(37-5)17(10-13)36-4/h7-11H,12H2,1-6H3,(H,33,34)(H2,26,27,28,29,30). The normalized spacial score (nSPS) is 15.4. The van der Waals surface area contributed by atoms with Crippen molar-refractivity contribution in [1.29, 1.82) is 0 Å². The number of ether oxygens (including phenoxy) is 4. The van der Waals surface area contributed by atoms with Crippen molar-refractivity contribution in [3.8, 4) is 23.0 Å². The van der Waals surface area contributed by atoms with Gasteiger partial charge in [-0.05, 0) is 26.0 Å². The minimum absolute atomic E-state index is 0.00742. The molecule has 16 heteroatoms. The van der Waals surface area contributed by atoms with Crippen molar-refractivity contribution in [3.63, 3.8) is 0 Å². The molecular weight excluding hydrogens is 550 g/mol. The fourth-order valence-electron chi connectivity index (χ4n) is 3.72. The Labute approximate surface area is 228 Å². The van der Waals surface area contributed by atoms with Gasteiger partial charge in [-0.3, -0.25) is 18.8 Å². The number of nitrogens with one attached hydrogen (secondary N) is 2. The van der Waals surface area contributed by atoms with Crippen LogP contribution < -0.4 is 34.5 Å². The highest BCUT2D eigenvalue weighted by atomic mass is 31.2. The quantitative estimate of drug-likeness (QED) is 0.298. The van der Waals surface area contributed by atoms with Crippen LogP contribution in [-0.2, 0) is 13.9 Å². The van der Waals surface area contributed by atoms with Crippen molar-refractivity contribution in [2.75, 3.05) is 50.3 Å². The van der Waals surface area contributed by atoms with Crippen molar-refractivity contribution in [3.05, 3.63) is 36.3 Å². The molecule has 1 aromatic carbocycles. The number of benzene rings is 1. The third-order valence-electron chi connectivity index (χ3n) is 5.56. The van der Waals surface area contributed by atoms with Crippen molar-refractivity contribution >= 4 is 42.6 Å². The van der Waals surface area contributed by atoms with Crippen LogP contribution in [0, 0.1) is 5.82 Å². The second kappa shape index (κ2) is 11.1. The number of fused-ring (bicyclic) bond motifs is 1. The second-order valence-corrected chi connectivity index (χ2v) is 10.8. The van der Waals surface area contributed by atoms with E-state index in [0.717, 1.165) is 17.8 Å². The molecule has 0 bridgehead atoms. The summed E-state index contributed by atoms with van der Waals surface area (Å²) in [6, 6.07) is 6.27. The number of hydrogen-bond donors (Lipinski definition) is 3. The van der Waals surface area contributed by atoms with E-state index in [1.165, 1.54) is 33.5 Å². The Hall–Kier alpha value is -4.20. The highest BCUT2D eigenvalue weighted by Gasteiger charge is 2.42. The van der Waals surface area contributed by atoms with Crippen LogP contribution in [0.3, 0.4) is 0 Å². The van der Waals surface area contributed by atoms with Gasteiger partial charge in [-0.2, -0.15) is 4.98 Å². The molecule has 1 amide bonds.